The quantitative estimate of drug-likeness (QED) is 0.476. The predicted octanol–water partition coefficient (Wildman–Crippen LogP) is 3.42. The molecule has 0 saturated heterocycles. The Bertz CT molecular complexity index is 770. The van der Waals surface area contributed by atoms with Crippen LogP contribution in [0.2, 0.25) is 5.02 Å². The van der Waals surface area contributed by atoms with Crippen LogP contribution in [0, 0.1) is 4.77 Å². The van der Waals surface area contributed by atoms with Crippen molar-refractivity contribution in [2.75, 3.05) is 13.2 Å². The smallest absolute Gasteiger partial charge is 0.221 e. The normalized spacial score (nSPS) is 10.9. The van der Waals surface area contributed by atoms with Crippen LogP contribution in [0.25, 0.3) is 11.4 Å². The molecule has 26 heavy (non-hydrogen) atoms. The van der Waals surface area contributed by atoms with E-state index in [0.717, 1.165) is 30.8 Å². The Morgan fingerprint density at radius 2 is 2.00 bits per heavy atom. The number of unbranched alkanes of at least 4 members (excludes halogenated alkanes) is 1. The number of halogens is 1. The average molecular weight is 397 g/mol. The maximum absolute atomic E-state index is 11.9. The van der Waals surface area contributed by atoms with Crippen molar-refractivity contribution in [1.82, 2.24) is 19.7 Å². The molecule has 1 amide bonds. The Labute approximate surface area is 163 Å². The molecule has 0 aliphatic carbocycles. The Kier molecular flexibility index (Phi) is 8.28. The zero-order chi connectivity index (χ0) is 18.9. The van der Waals surface area contributed by atoms with Crippen LogP contribution in [-0.2, 0) is 17.9 Å². The Hall–Kier alpha value is -1.70. The summed E-state index contributed by atoms with van der Waals surface area (Å²) in [6, 6.07) is 7.51. The van der Waals surface area contributed by atoms with E-state index in [-0.39, 0.29) is 12.5 Å². The molecular weight excluding hydrogens is 372 g/mol. The maximum atomic E-state index is 11.9. The van der Waals surface area contributed by atoms with Gasteiger partial charge in [-0.2, -0.15) is 5.10 Å². The standard InChI is InChI=1S/C18H25ClN4O2S/c1-2-3-11-22-17(14-5-7-15(19)8-6-14)21-23(18(22)26)12-9-16(25)20-10-4-13-24/h5-8,24H,2-4,9-13H2,1H3,(H,20,25). The highest BCUT2D eigenvalue weighted by Crippen LogP contribution is 2.21. The highest BCUT2D eigenvalue weighted by Gasteiger charge is 2.13. The molecule has 2 rings (SSSR count). The lowest BCUT2D eigenvalue weighted by Gasteiger charge is -2.06. The maximum Gasteiger partial charge on any atom is 0.221 e. The fraction of sp³-hybridized carbons (Fsp3) is 0.500. The lowest BCUT2D eigenvalue weighted by molar-refractivity contribution is -0.121. The van der Waals surface area contributed by atoms with Gasteiger partial charge in [-0.25, -0.2) is 4.68 Å². The molecule has 0 aliphatic heterocycles. The van der Waals surface area contributed by atoms with Crippen molar-refractivity contribution in [2.45, 2.75) is 45.7 Å². The van der Waals surface area contributed by atoms with Crippen molar-refractivity contribution < 1.29 is 9.90 Å². The molecule has 0 unspecified atom stereocenters. The van der Waals surface area contributed by atoms with Crippen LogP contribution in [0.4, 0.5) is 0 Å². The second-order valence-corrected chi connectivity index (χ2v) is 6.82. The number of nitrogens with zero attached hydrogens (tertiary/aromatic N) is 3. The van der Waals surface area contributed by atoms with Crippen LogP contribution in [0.15, 0.2) is 24.3 Å². The van der Waals surface area contributed by atoms with Crippen molar-refractivity contribution in [3.8, 4) is 11.4 Å². The first-order chi connectivity index (χ1) is 12.6. The molecule has 1 heterocycles. The van der Waals surface area contributed by atoms with E-state index < -0.39 is 0 Å². The number of nitrogens with one attached hydrogen (secondary N) is 1. The second-order valence-electron chi connectivity index (χ2n) is 6.02. The van der Waals surface area contributed by atoms with Gasteiger partial charge in [-0.1, -0.05) is 24.9 Å². The third-order valence-electron chi connectivity index (χ3n) is 3.97. The second kappa shape index (κ2) is 10.4. The Balaban J connectivity index is 2.18. The molecule has 8 heteroatoms. The number of hydrogen-bond acceptors (Lipinski definition) is 4. The van der Waals surface area contributed by atoms with Crippen molar-refractivity contribution in [3.05, 3.63) is 34.1 Å². The fourth-order valence-corrected chi connectivity index (χ4v) is 2.96. The predicted molar refractivity (Wildman–Crippen MR) is 106 cm³/mol. The van der Waals surface area contributed by atoms with E-state index in [4.69, 9.17) is 28.9 Å². The summed E-state index contributed by atoms with van der Waals surface area (Å²) < 4.78 is 4.35. The SMILES string of the molecule is CCCCn1c(-c2ccc(Cl)cc2)nn(CCC(=O)NCCCO)c1=S. The summed E-state index contributed by atoms with van der Waals surface area (Å²) in [5.41, 5.74) is 0.947. The van der Waals surface area contributed by atoms with Crippen molar-refractivity contribution in [2.24, 2.45) is 0 Å². The number of carbonyl (C=O) groups excluding carboxylic acids is 1. The van der Waals surface area contributed by atoms with Crippen LogP contribution in [0.1, 0.15) is 32.6 Å². The molecule has 0 fully saturated rings. The summed E-state index contributed by atoms with van der Waals surface area (Å²) in [7, 11) is 0. The molecule has 0 bridgehead atoms. The van der Waals surface area contributed by atoms with Crippen molar-refractivity contribution in [3.63, 3.8) is 0 Å². The monoisotopic (exact) mass is 396 g/mol. The molecular formula is C18H25ClN4O2S. The Morgan fingerprint density at radius 3 is 2.65 bits per heavy atom. The number of aryl methyl sites for hydroxylation is 1. The average Bonchev–Trinajstić information content (AvgIpc) is 2.95. The minimum Gasteiger partial charge on any atom is -0.396 e. The number of rotatable bonds is 10. The summed E-state index contributed by atoms with van der Waals surface area (Å²) >= 11 is 11.6. The molecule has 0 radical (unpaired) electrons. The van der Waals surface area contributed by atoms with Gasteiger partial charge in [0, 0.05) is 36.7 Å². The molecule has 0 aliphatic rings. The van der Waals surface area contributed by atoms with Crippen molar-refractivity contribution in [1.29, 1.82) is 0 Å². The molecule has 6 nitrogen and oxygen atoms in total. The van der Waals surface area contributed by atoms with Crippen LogP contribution < -0.4 is 5.32 Å². The highest BCUT2D eigenvalue weighted by atomic mass is 35.5. The van der Waals surface area contributed by atoms with Gasteiger partial charge in [0.25, 0.3) is 0 Å². The number of carbonyl (C=O) groups is 1. The number of amides is 1. The highest BCUT2D eigenvalue weighted by molar-refractivity contribution is 7.71. The van der Waals surface area contributed by atoms with Gasteiger partial charge in [0.15, 0.2) is 10.6 Å². The van der Waals surface area contributed by atoms with Crippen LogP contribution in [0.5, 0.6) is 0 Å². The van der Waals surface area contributed by atoms with Crippen LogP contribution >= 0.6 is 23.8 Å². The van der Waals surface area contributed by atoms with Gasteiger partial charge < -0.3 is 10.4 Å². The van der Waals surface area contributed by atoms with E-state index in [1.807, 2.05) is 28.8 Å². The molecule has 1 aromatic carbocycles. The first-order valence-electron chi connectivity index (χ1n) is 8.88. The largest absolute Gasteiger partial charge is 0.396 e. The lowest BCUT2D eigenvalue weighted by Crippen LogP contribution is -2.26. The first-order valence-corrected chi connectivity index (χ1v) is 9.66. The van der Waals surface area contributed by atoms with E-state index in [1.54, 1.807) is 4.68 Å². The fourth-order valence-electron chi connectivity index (χ4n) is 2.52. The van der Waals surface area contributed by atoms with E-state index in [9.17, 15) is 4.79 Å². The van der Waals surface area contributed by atoms with Gasteiger partial charge in [0.05, 0.1) is 6.54 Å². The van der Waals surface area contributed by atoms with Crippen molar-refractivity contribution >= 4 is 29.7 Å². The third kappa shape index (κ3) is 5.65. The van der Waals surface area contributed by atoms with E-state index >= 15 is 0 Å². The number of aromatic nitrogens is 3. The zero-order valence-electron chi connectivity index (χ0n) is 14.9. The molecule has 0 spiro atoms. The summed E-state index contributed by atoms with van der Waals surface area (Å²) in [4.78, 5) is 11.9. The van der Waals surface area contributed by atoms with E-state index in [2.05, 4.69) is 17.3 Å². The molecule has 0 atom stereocenters. The zero-order valence-corrected chi connectivity index (χ0v) is 16.5. The summed E-state index contributed by atoms with van der Waals surface area (Å²) in [5, 5.41) is 16.9. The van der Waals surface area contributed by atoms with Gasteiger partial charge in [-0.05, 0) is 49.3 Å². The minimum absolute atomic E-state index is 0.0671. The van der Waals surface area contributed by atoms with E-state index in [0.29, 0.717) is 35.7 Å². The van der Waals surface area contributed by atoms with Crippen LogP contribution in [0.3, 0.4) is 0 Å². The Morgan fingerprint density at radius 1 is 1.27 bits per heavy atom. The summed E-state index contributed by atoms with van der Waals surface area (Å²) in [5.74, 6) is 0.720. The molecule has 1 aromatic heterocycles. The van der Waals surface area contributed by atoms with Gasteiger partial charge in [0.2, 0.25) is 5.91 Å². The van der Waals surface area contributed by atoms with Gasteiger partial charge in [-0.3, -0.25) is 9.36 Å². The number of hydrogen-bond donors (Lipinski definition) is 2. The first kappa shape index (κ1) is 20.6. The lowest BCUT2D eigenvalue weighted by atomic mass is 10.2. The third-order valence-corrected chi connectivity index (χ3v) is 4.65. The van der Waals surface area contributed by atoms with E-state index in [1.165, 1.54) is 0 Å². The van der Waals surface area contributed by atoms with Crippen LogP contribution in [-0.4, -0.2) is 38.5 Å². The van der Waals surface area contributed by atoms with Gasteiger partial charge in [-0.15, -0.1) is 0 Å². The minimum atomic E-state index is -0.0727. The molecule has 142 valence electrons. The topological polar surface area (TPSA) is 72.1 Å². The summed E-state index contributed by atoms with van der Waals surface area (Å²) in [6.45, 7) is 3.88. The summed E-state index contributed by atoms with van der Waals surface area (Å²) in [6.07, 6.45) is 2.91. The number of aliphatic hydroxyl groups is 1. The number of aliphatic hydroxyl groups excluding tert-OH is 1. The van der Waals surface area contributed by atoms with Gasteiger partial charge in [0.1, 0.15) is 0 Å². The molecule has 0 saturated carbocycles. The van der Waals surface area contributed by atoms with Gasteiger partial charge >= 0.3 is 0 Å². The molecule has 2 N–H and O–H groups in total. The molecule has 2 aromatic rings. The number of benzene rings is 1.